The number of esters is 2. The molecular formula is C59H98O5. The SMILES string of the molecule is CC/C=C\C/C=C\C/C=C\C/C=C\CCCCCCCCC(=O)OCC(COCCCCCCCC/C=C\C/C=C\CCCCC)OC(=O)CCCCC/C=C\C/C=C\C/C=C\CC. The van der Waals surface area contributed by atoms with Crippen molar-refractivity contribution in [1.29, 1.82) is 0 Å². The van der Waals surface area contributed by atoms with E-state index >= 15 is 0 Å². The number of carbonyl (C=O) groups excluding carboxylic acids is 2. The van der Waals surface area contributed by atoms with Crippen LogP contribution in [0.2, 0.25) is 0 Å². The van der Waals surface area contributed by atoms with Gasteiger partial charge in [-0.2, -0.15) is 0 Å². The van der Waals surface area contributed by atoms with E-state index in [0.717, 1.165) is 116 Å². The van der Waals surface area contributed by atoms with E-state index in [4.69, 9.17) is 14.2 Å². The van der Waals surface area contributed by atoms with Crippen LogP contribution in [0, 0.1) is 0 Å². The van der Waals surface area contributed by atoms with Crippen LogP contribution in [-0.4, -0.2) is 37.9 Å². The van der Waals surface area contributed by atoms with Gasteiger partial charge in [0.05, 0.1) is 6.61 Å². The molecule has 0 fully saturated rings. The first-order chi connectivity index (χ1) is 31.6. The lowest BCUT2D eigenvalue weighted by molar-refractivity contribution is -0.163. The third-order valence-corrected chi connectivity index (χ3v) is 10.8. The van der Waals surface area contributed by atoms with Crippen molar-refractivity contribution in [1.82, 2.24) is 0 Å². The van der Waals surface area contributed by atoms with Gasteiger partial charge in [0.1, 0.15) is 6.61 Å². The van der Waals surface area contributed by atoms with Gasteiger partial charge in [-0.25, -0.2) is 0 Å². The van der Waals surface area contributed by atoms with Crippen LogP contribution in [0.25, 0.3) is 0 Å². The Hall–Kier alpha value is -3.44. The molecule has 0 aliphatic rings. The fraction of sp³-hybridized carbons (Fsp3) is 0.661. The molecule has 5 heteroatoms. The second-order valence-corrected chi connectivity index (χ2v) is 17.0. The summed E-state index contributed by atoms with van der Waals surface area (Å²) in [5.74, 6) is -0.458. The monoisotopic (exact) mass is 887 g/mol. The van der Waals surface area contributed by atoms with Crippen molar-refractivity contribution in [3.63, 3.8) is 0 Å². The molecule has 1 atom stereocenters. The van der Waals surface area contributed by atoms with Crippen LogP contribution in [0.15, 0.2) is 109 Å². The molecule has 0 aromatic heterocycles. The van der Waals surface area contributed by atoms with Crippen molar-refractivity contribution < 1.29 is 23.8 Å². The van der Waals surface area contributed by atoms with Crippen LogP contribution in [0.4, 0.5) is 0 Å². The standard InChI is InChI=1S/C59H98O5/c1-4-7-10-13-16-19-22-25-27-29-30-31-32-35-37-40-43-46-49-52-58(60)63-56-57(64-59(61)53-50-47-44-41-38-34-24-21-18-15-12-9-6-3)55-62-54-51-48-45-42-39-36-33-28-26-23-20-17-14-11-8-5-2/h7,9-10,12,16-21,25-28,30-31,34,38,57H,4-6,8,11,13-15,22-24,29,32-33,35-37,39-56H2,1-3H3/b10-7-,12-9-,19-16-,20-17-,21-18-,27-25-,28-26-,31-30-,38-34-. The van der Waals surface area contributed by atoms with Crippen LogP contribution in [0.1, 0.15) is 226 Å². The largest absolute Gasteiger partial charge is 0.462 e. The van der Waals surface area contributed by atoms with Crippen molar-refractivity contribution in [3.8, 4) is 0 Å². The molecule has 0 aromatic rings. The summed E-state index contributed by atoms with van der Waals surface area (Å²) in [7, 11) is 0. The first kappa shape index (κ1) is 60.6. The van der Waals surface area contributed by atoms with Crippen molar-refractivity contribution in [2.24, 2.45) is 0 Å². The summed E-state index contributed by atoms with van der Waals surface area (Å²) < 4.78 is 17.4. The second kappa shape index (κ2) is 53.9. The van der Waals surface area contributed by atoms with Gasteiger partial charge in [0.15, 0.2) is 6.10 Å². The molecule has 364 valence electrons. The van der Waals surface area contributed by atoms with Gasteiger partial charge in [-0.1, -0.05) is 201 Å². The zero-order chi connectivity index (χ0) is 46.3. The molecule has 0 aliphatic carbocycles. The lowest BCUT2D eigenvalue weighted by atomic mass is 10.1. The summed E-state index contributed by atoms with van der Waals surface area (Å²) in [6.45, 7) is 7.50. The van der Waals surface area contributed by atoms with Crippen molar-refractivity contribution in [2.75, 3.05) is 19.8 Å². The Labute approximate surface area is 395 Å². The topological polar surface area (TPSA) is 61.8 Å². The molecule has 0 saturated heterocycles. The van der Waals surface area contributed by atoms with Crippen LogP contribution in [-0.2, 0) is 23.8 Å². The van der Waals surface area contributed by atoms with Gasteiger partial charge in [0.2, 0.25) is 0 Å². The Kier molecular flexibility index (Phi) is 51.0. The first-order valence-electron chi connectivity index (χ1n) is 26.4. The fourth-order valence-electron chi connectivity index (χ4n) is 6.90. The molecule has 0 N–H and O–H groups in total. The zero-order valence-corrected chi connectivity index (χ0v) is 41.8. The normalized spacial score (nSPS) is 13.1. The van der Waals surface area contributed by atoms with Gasteiger partial charge in [0, 0.05) is 19.4 Å². The summed E-state index contributed by atoms with van der Waals surface area (Å²) >= 11 is 0. The molecule has 0 aliphatic heterocycles. The maximum atomic E-state index is 12.8. The molecule has 0 aromatic carbocycles. The number of carbonyl (C=O) groups is 2. The lowest BCUT2D eigenvalue weighted by Crippen LogP contribution is -2.30. The number of unbranched alkanes of at least 4 members (excludes halogenated alkanes) is 18. The highest BCUT2D eigenvalue weighted by molar-refractivity contribution is 5.70. The predicted octanol–water partition coefficient (Wildman–Crippen LogP) is 18.0. The van der Waals surface area contributed by atoms with Crippen molar-refractivity contribution >= 4 is 11.9 Å². The number of allylic oxidation sites excluding steroid dienone is 18. The molecule has 0 heterocycles. The van der Waals surface area contributed by atoms with Gasteiger partial charge in [0.25, 0.3) is 0 Å². The zero-order valence-electron chi connectivity index (χ0n) is 41.8. The molecule has 0 saturated carbocycles. The Balaban J connectivity index is 4.35. The molecule has 0 amide bonds. The van der Waals surface area contributed by atoms with E-state index in [-0.39, 0.29) is 25.2 Å². The third-order valence-electron chi connectivity index (χ3n) is 10.8. The number of ether oxygens (including phenoxy) is 3. The fourth-order valence-corrected chi connectivity index (χ4v) is 6.90. The third kappa shape index (κ3) is 51.2. The first-order valence-corrected chi connectivity index (χ1v) is 26.4. The maximum absolute atomic E-state index is 12.8. The van der Waals surface area contributed by atoms with E-state index in [9.17, 15) is 9.59 Å². The van der Waals surface area contributed by atoms with Crippen LogP contribution in [0.3, 0.4) is 0 Å². The maximum Gasteiger partial charge on any atom is 0.306 e. The van der Waals surface area contributed by atoms with Crippen LogP contribution < -0.4 is 0 Å². The Bertz CT molecular complexity index is 1280. The number of hydrogen-bond donors (Lipinski definition) is 0. The molecule has 0 rings (SSSR count). The Morgan fingerprint density at radius 3 is 1.14 bits per heavy atom. The molecule has 0 spiro atoms. The summed E-state index contributed by atoms with van der Waals surface area (Å²) in [6, 6.07) is 0. The van der Waals surface area contributed by atoms with E-state index in [2.05, 4.69) is 130 Å². The van der Waals surface area contributed by atoms with E-state index in [1.807, 2.05) is 0 Å². The Morgan fingerprint density at radius 2 is 0.703 bits per heavy atom. The quantitative estimate of drug-likeness (QED) is 0.0346. The molecule has 5 nitrogen and oxygen atoms in total. The van der Waals surface area contributed by atoms with Crippen molar-refractivity contribution in [3.05, 3.63) is 109 Å². The minimum Gasteiger partial charge on any atom is -0.462 e. The minimum atomic E-state index is -0.570. The molecule has 0 radical (unpaired) electrons. The van der Waals surface area contributed by atoms with E-state index < -0.39 is 6.10 Å². The Morgan fingerprint density at radius 1 is 0.359 bits per heavy atom. The second-order valence-electron chi connectivity index (χ2n) is 17.0. The molecule has 0 bridgehead atoms. The average molecular weight is 887 g/mol. The van der Waals surface area contributed by atoms with E-state index in [1.54, 1.807) is 0 Å². The van der Waals surface area contributed by atoms with E-state index in [0.29, 0.717) is 19.4 Å². The molecule has 64 heavy (non-hydrogen) atoms. The summed E-state index contributed by atoms with van der Waals surface area (Å²) in [5, 5.41) is 0. The van der Waals surface area contributed by atoms with Crippen molar-refractivity contribution in [2.45, 2.75) is 232 Å². The average Bonchev–Trinajstić information content (AvgIpc) is 3.30. The predicted molar refractivity (Wildman–Crippen MR) is 279 cm³/mol. The van der Waals surface area contributed by atoms with Gasteiger partial charge >= 0.3 is 11.9 Å². The number of rotatable bonds is 47. The van der Waals surface area contributed by atoms with Gasteiger partial charge < -0.3 is 14.2 Å². The molecular weight excluding hydrogens is 789 g/mol. The number of hydrogen-bond acceptors (Lipinski definition) is 5. The highest BCUT2D eigenvalue weighted by Crippen LogP contribution is 2.13. The van der Waals surface area contributed by atoms with Crippen LogP contribution >= 0.6 is 0 Å². The molecule has 1 unspecified atom stereocenters. The van der Waals surface area contributed by atoms with Crippen LogP contribution in [0.5, 0.6) is 0 Å². The highest BCUT2D eigenvalue weighted by Gasteiger charge is 2.17. The smallest absolute Gasteiger partial charge is 0.306 e. The van der Waals surface area contributed by atoms with Gasteiger partial charge in [-0.05, 0) is 122 Å². The van der Waals surface area contributed by atoms with E-state index in [1.165, 1.54) is 77.0 Å². The van der Waals surface area contributed by atoms with Gasteiger partial charge in [-0.3, -0.25) is 9.59 Å². The summed E-state index contributed by atoms with van der Waals surface area (Å²) in [5.41, 5.74) is 0. The summed E-state index contributed by atoms with van der Waals surface area (Å²) in [4.78, 5) is 25.4. The lowest BCUT2D eigenvalue weighted by Gasteiger charge is -2.18. The highest BCUT2D eigenvalue weighted by atomic mass is 16.6. The minimum absolute atomic E-state index is 0.0553. The summed E-state index contributed by atoms with van der Waals surface area (Å²) in [6.07, 6.45) is 73.8. The van der Waals surface area contributed by atoms with Gasteiger partial charge in [-0.15, -0.1) is 0 Å².